The summed E-state index contributed by atoms with van der Waals surface area (Å²) in [5.41, 5.74) is 0. The number of likely N-dealkylation sites (tertiary alicyclic amines) is 1. The minimum absolute atomic E-state index is 0.167. The number of hydrogen-bond donors (Lipinski definition) is 0. The van der Waals surface area contributed by atoms with Gasteiger partial charge in [-0.05, 0) is 25.0 Å². The highest BCUT2D eigenvalue weighted by atomic mass is 16.5. The van der Waals surface area contributed by atoms with Crippen LogP contribution in [0.25, 0.3) is 0 Å². The van der Waals surface area contributed by atoms with Crippen molar-refractivity contribution < 1.29 is 9.53 Å². The lowest BCUT2D eigenvalue weighted by molar-refractivity contribution is -0.133. The molecule has 0 radical (unpaired) electrons. The first kappa shape index (κ1) is 14.6. The van der Waals surface area contributed by atoms with Crippen molar-refractivity contribution in [1.29, 1.82) is 0 Å². The second-order valence-corrected chi connectivity index (χ2v) is 5.56. The quantitative estimate of drug-likeness (QED) is 0.852. The van der Waals surface area contributed by atoms with E-state index < -0.39 is 0 Å². The molecule has 1 aliphatic rings. The molecule has 0 saturated carbocycles. The van der Waals surface area contributed by atoms with Crippen LogP contribution in [0.3, 0.4) is 0 Å². The fourth-order valence-electron chi connectivity index (χ4n) is 2.84. The predicted octanol–water partition coefficient (Wildman–Crippen LogP) is 2.52. The van der Waals surface area contributed by atoms with Crippen LogP contribution in [0.4, 0.5) is 0 Å². The van der Waals surface area contributed by atoms with Crippen LogP contribution in [-0.2, 0) is 4.79 Å². The number of piperidine rings is 1. The van der Waals surface area contributed by atoms with Gasteiger partial charge in [0.25, 0.3) is 0 Å². The zero-order valence-corrected chi connectivity index (χ0v) is 12.6. The summed E-state index contributed by atoms with van der Waals surface area (Å²) in [6.07, 6.45) is 8.14. The number of rotatable bonds is 5. The molecule has 2 aromatic rings. The normalized spacial score (nSPS) is 18.2. The van der Waals surface area contributed by atoms with Gasteiger partial charge < -0.3 is 14.2 Å². The minimum atomic E-state index is 0.167. The topological polar surface area (TPSA) is 47.4 Å². The van der Waals surface area contributed by atoms with Gasteiger partial charge in [0.15, 0.2) is 0 Å². The summed E-state index contributed by atoms with van der Waals surface area (Å²) in [7, 11) is 0. The third-order valence-electron chi connectivity index (χ3n) is 4.02. The molecule has 5 nitrogen and oxygen atoms in total. The van der Waals surface area contributed by atoms with Gasteiger partial charge in [-0.25, -0.2) is 4.98 Å². The predicted molar refractivity (Wildman–Crippen MR) is 83.6 cm³/mol. The van der Waals surface area contributed by atoms with Crippen LogP contribution in [0.1, 0.15) is 25.3 Å². The van der Waals surface area contributed by atoms with E-state index in [2.05, 4.69) is 9.55 Å². The zero-order valence-electron chi connectivity index (χ0n) is 12.6. The first-order chi connectivity index (χ1) is 10.8. The molecule has 0 bridgehead atoms. The largest absolute Gasteiger partial charge is 0.493 e. The second kappa shape index (κ2) is 7.11. The molecule has 3 rings (SSSR count). The molecule has 1 aliphatic heterocycles. The van der Waals surface area contributed by atoms with Gasteiger partial charge in [-0.3, -0.25) is 4.79 Å². The van der Waals surface area contributed by atoms with Crippen LogP contribution in [0, 0.1) is 0 Å². The Balaban J connectivity index is 1.47. The van der Waals surface area contributed by atoms with Gasteiger partial charge >= 0.3 is 0 Å². The van der Waals surface area contributed by atoms with Crippen LogP contribution in [0.15, 0.2) is 49.1 Å². The molecular formula is C17H21N3O2. The van der Waals surface area contributed by atoms with Crippen molar-refractivity contribution in [1.82, 2.24) is 14.5 Å². The minimum Gasteiger partial charge on any atom is -0.493 e. The van der Waals surface area contributed by atoms with E-state index in [1.54, 1.807) is 6.20 Å². The molecule has 1 saturated heterocycles. The van der Waals surface area contributed by atoms with E-state index in [-0.39, 0.29) is 5.91 Å². The molecule has 0 aliphatic carbocycles. The molecule has 0 N–H and O–H groups in total. The molecule has 1 aromatic heterocycles. The van der Waals surface area contributed by atoms with Gasteiger partial charge in [0.05, 0.1) is 25.4 Å². The van der Waals surface area contributed by atoms with E-state index in [1.165, 1.54) is 0 Å². The molecule has 1 fully saturated rings. The Bertz CT molecular complexity index is 583. The zero-order chi connectivity index (χ0) is 15.2. The van der Waals surface area contributed by atoms with E-state index in [9.17, 15) is 4.79 Å². The highest BCUT2D eigenvalue weighted by Gasteiger charge is 2.24. The molecule has 0 unspecified atom stereocenters. The lowest BCUT2D eigenvalue weighted by Gasteiger charge is -2.33. The number of carbonyl (C=O) groups is 1. The number of carbonyl (C=O) groups excluding carboxylic acids is 1. The van der Waals surface area contributed by atoms with Crippen molar-refractivity contribution >= 4 is 5.91 Å². The van der Waals surface area contributed by atoms with Crippen molar-refractivity contribution in [3.8, 4) is 5.75 Å². The highest BCUT2D eigenvalue weighted by Crippen LogP contribution is 2.21. The highest BCUT2D eigenvalue weighted by molar-refractivity contribution is 5.76. The Kier molecular flexibility index (Phi) is 4.73. The summed E-state index contributed by atoms with van der Waals surface area (Å²) in [6, 6.07) is 9.95. The smallest absolute Gasteiger partial charge is 0.226 e. The maximum atomic E-state index is 12.3. The first-order valence-corrected chi connectivity index (χ1v) is 7.76. The van der Waals surface area contributed by atoms with Crippen LogP contribution in [-0.4, -0.2) is 40.1 Å². The Hall–Kier alpha value is -2.30. The van der Waals surface area contributed by atoms with Gasteiger partial charge in [-0.2, -0.15) is 0 Å². The van der Waals surface area contributed by atoms with Gasteiger partial charge in [0.2, 0.25) is 5.91 Å². The van der Waals surface area contributed by atoms with Crippen LogP contribution in [0.2, 0.25) is 0 Å². The summed E-state index contributed by atoms with van der Waals surface area (Å²) < 4.78 is 7.70. The average Bonchev–Trinajstić information content (AvgIpc) is 3.10. The fourth-order valence-corrected chi connectivity index (χ4v) is 2.84. The Morgan fingerprint density at radius 2 is 2.18 bits per heavy atom. The summed E-state index contributed by atoms with van der Waals surface area (Å²) in [5, 5.41) is 0. The van der Waals surface area contributed by atoms with Crippen LogP contribution >= 0.6 is 0 Å². The molecule has 1 aromatic carbocycles. The first-order valence-electron chi connectivity index (χ1n) is 7.76. The van der Waals surface area contributed by atoms with Crippen molar-refractivity contribution in [2.45, 2.75) is 25.3 Å². The second-order valence-electron chi connectivity index (χ2n) is 5.56. The molecule has 2 heterocycles. The number of aromatic nitrogens is 2. The number of ether oxygens (including phenoxy) is 1. The van der Waals surface area contributed by atoms with Crippen molar-refractivity contribution in [3.63, 3.8) is 0 Å². The maximum absolute atomic E-state index is 12.3. The molecule has 1 amide bonds. The SMILES string of the molecule is O=C(CCOc1ccccc1)N1CCC[C@@H](n2ccnc2)C1. The standard InChI is InChI=1S/C17H21N3O2/c21-17(8-12-22-16-6-2-1-3-7-16)19-10-4-5-15(13-19)20-11-9-18-14-20/h1-3,6-7,9,11,14-15H,4-5,8,10,12-13H2/t15-/m1/s1. The van der Waals surface area contributed by atoms with Crippen LogP contribution < -0.4 is 4.74 Å². The third kappa shape index (κ3) is 3.67. The summed E-state index contributed by atoms with van der Waals surface area (Å²) in [6.45, 7) is 2.03. The van der Waals surface area contributed by atoms with E-state index in [1.807, 2.05) is 47.8 Å². The van der Waals surface area contributed by atoms with E-state index in [4.69, 9.17) is 4.74 Å². The number of amides is 1. The summed E-state index contributed by atoms with van der Waals surface area (Å²) in [4.78, 5) is 18.4. The molecule has 116 valence electrons. The van der Waals surface area contributed by atoms with E-state index >= 15 is 0 Å². The molecule has 22 heavy (non-hydrogen) atoms. The number of benzene rings is 1. The lowest BCUT2D eigenvalue weighted by atomic mass is 10.1. The third-order valence-corrected chi connectivity index (χ3v) is 4.02. The maximum Gasteiger partial charge on any atom is 0.226 e. The fraction of sp³-hybridized carbons (Fsp3) is 0.412. The number of hydrogen-bond acceptors (Lipinski definition) is 3. The van der Waals surface area contributed by atoms with Crippen molar-refractivity contribution in [2.75, 3.05) is 19.7 Å². The van der Waals surface area contributed by atoms with Crippen molar-refractivity contribution in [2.24, 2.45) is 0 Å². The van der Waals surface area contributed by atoms with Crippen LogP contribution in [0.5, 0.6) is 5.75 Å². The van der Waals surface area contributed by atoms with Gasteiger partial charge in [-0.1, -0.05) is 18.2 Å². The average molecular weight is 299 g/mol. The molecule has 5 heteroatoms. The number of para-hydroxylation sites is 1. The Morgan fingerprint density at radius 3 is 2.95 bits per heavy atom. The molecular weight excluding hydrogens is 278 g/mol. The monoisotopic (exact) mass is 299 g/mol. The van der Waals surface area contributed by atoms with Gasteiger partial charge in [0.1, 0.15) is 5.75 Å². The summed E-state index contributed by atoms with van der Waals surface area (Å²) in [5.74, 6) is 0.978. The summed E-state index contributed by atoms with van der Waals surface area (Å²) >= 11 is 0. The van der Waals surface area contributed by atoms with Gasteiger partial charge in [0, 0.05) is 25.5 Å². The lowest BCUT2D eigenvalue weighted by Crippen LogP contribution is -2.41. The van der Waals surface area contributed by atoms with E-state index in [0.717, 1.165) is 31.7 Å². The molecule has 1 atom stereocenters. The number of imidazole rings is 1. The van der Waals surface area contributed by atoms with Gasteiger partial charge in [-0.15, -0.1) is 0 Å². The molecule has 0 spiro atoms. The van der Waals surface area contributed by atoms with E-state index in [0.29, 0.717) is 19.1 Å². The van der Waals surface area contributed by atoms with Crippen molar-refractivity contribution in [3.05, 3.63) is 49.1 Å². The Morgan fingerprint density at radius 1 is 1.32 bits per heavy atom. The Labute approximate surface area is 130 Å². The number of nitrogens with zero attached hydrogens (tertiary/aromatic N) is 3.